The highest BCUT2D eigenvalue weighted by atomic mass is 16.5. The maximum absolute atomic E-state index is 12.2. The Balaban J connectivity index is 2.25. The molecule has 2 nitrogen and oxygen atoms in total. The monoisotopic (exact) mass is 218 g/mol. The summed E-state index contributed by atoms with van der Waals surface area (Å²) < 4.78 is 5.14. The maximum atomic E-state index is 12.2. The average Bonchev–Trinajstić information content (AvgIpc) is 2.86. The summed E-state index contributed by atoms with van der Waals surface area (Å²) in [6, 6.07) is 5.66. The minimum Gasteiger partial charge on any atom is -0.497 e. The topological polar surface area (TPSA) is 26.3 Å². The first kappa shape index (κ1) is 11.2. The van der Waals surface area contributed by atoms with Gasteiger partial charge in [-0.3, -0.25) is 4.79 Å². The van der Waals surface area contributed by atoms with Crippen molar-refractivity contribution in [2.45, 2.75) is 27.2 Å². The van der Waals surface area contributed by atoms with Crippen LogP contribution in [-0.4, -0.2) is 12.9 Å². The molecule has 1 aromatic carbocycles. The highest BCUT2D eigenvalue weighted by Crippen LogP contribution is 2.53. The Kier molecular flexibility index (Phi) is 2.53. The molecule has 0 radical (unpaired) electrons. The standard InChI is InChI=1S/C14H18O2/c1-9-7-10(16-4)5-6-11(9)13(15)12-8-14(12,2)3/h5-7,12H,8H2,1-4H3. The molecule has 1 aliphatic rings. The number of hydrogen-bond donors (Lipinski definition) is 0. The van der Waals surface area contributed by atoms with Crippen molar-refractivity contribution in [2.24, 2.45) is 11.3 Å². The van der Waals surface area contributed by atoms with Gasteiger partial charge in [0, 0.05) is 11.5 Å². The van der Waals surface area contributed by atoms with Crippen molar-refractivity contribution in [1.29, 1.82) is 0 Å². The Morgan fingerprint density at radius 1 is 1.44 bits per heavy atom. The molecule has 0 aromatic heterocycles. The first-order valence-electron chi connectivity index (χ1n) is 5.64. The molecule has 16 heavy (non-hydrogen) atoms. The van der Waals surface area contributed by atoms with Gasteiger partial charge in [-0.2, -0.15) is 0 Å². The van der Waals surface area contributed by atoms with Crippen LogP contribution < -0.4 is 4.74 Å². The van der Waals surface area contributed by atoms with Gasteiger partial charge < -0.3 is 4.74 Å². The molecule has 2 heteroatoms. The molecule has 1 saturated carbocycles. The quantitative estimate of drug-likeness (QED) is 0.728. The zero-order valence-electron chi connectivity index (χ0n) is 10.3. The Hall–Kier alpha value is -1.31. The van der Waals surface area contributed by atoms with E-state index in [1.165, 1.54) is 0 Å². The van der Waals surface area contributed by atoms with Crippen molar-refractivity contribution in [3.8, 4) is 5.75 Å². The molecule has 0 N–H and O–H groups in total. The molecule has 0 bridgehead atoms. The van der Waals surface area contributed by atoms with Crippen LogP contribution in [0.4, 0.5) is 0 Å². The fourth-order valence-corrected chi connectivity index (χ4v) is 2.14. The van der Waals surface area contributed by atoms with Gasteiger partial charge in [-0.25, -0.2) is 0 Å². The second-order valence-corrected chi connectivity index (χ2v) is 5.29. The minimum atomic E-state index is 0.198. The number of carbonyl (C=O) groups excluding carboxylic acids is 1. The van der Waals surface area contributed by atoms with Gasteiger partial charge in [-0.15, -0.1) is 0 Å². The molecule has 1 aliphatic carbocycles. The van der Waals surface area contributed by atoms with Gasteiger partial charge in [0.1, 0.15) is 5.75 Å². The summed E-state index contributed by atoms with van der Waals surface area (Å²) in [5.74, 6) is 1.30. The number of hydrogen-bond acceptors (Lipinski definition) is 2. The number of rotatable bonds is 3. The van der Waals surface area contributed by atoms with Gasteiger partial charge in [0.2, 0.25) is 0 Å². The molecule has 1 unspecified atom stereocenters. The molecule has 0 aliphatic heterocycles. The minimum absolute atomic E-state index is 0.198. The lowest BCUT2D eigenvalue weighted by atomic mass is 9.98. The number of aryl methyl sites for hydroxylation is 1. The molecular weight excluding hydrogens is 200 g/mol. The normalized spacial score (nSPS) is 21.6. The third-order valence-corrected chi connectivity index (χ3v) is 3.53. The number of carbonyl (C=O) groups is 1. The molecule has 2 rings (SSSR count). The van der Waals surface area contributed by atoms with Crippen LogP contribution in [0.1, 0.15) is 36.2 Å². The van der Waals surface area contributed by atoms with Crippen molar-refractivity contribution in [3.63, 3.8) is 0 Å². The van der Waals surface area contributed by atoms with E-state index in [0.29, 0.717) is 0 Å². The van der Waals surface area contributed by atoms with Crippen LogP contribution in [0, 0.1) is 18.3 Å². The third kappa shape index (κ3) is 1.84. The number of methoxy groups -OCH3 is 1. The smallest absolute Gasteiger partial charge is 0.166 e. The number of ketones is 1. The molecule has 1 aromatic rings. The average molecular weight is 218 g/mol. The number of Topliss-reactive ketones (excluding diaryl/α,β-unsaturated/α-hetero) is 1. The first-order chi connectivity index (χ1) is 7.45. The van der Waals surface area contributed by atoms with Gasteiger partial charge in [-0.1, -0.05) is 13.8 Å². The lowest BCUT2D eigenvalue weighted by Crippen LogP contribution is -2.08. The zero-order valence-corrected chi connectivity index (χ0v) is 10.3. The highest BCUT2D eigenvalue weighted by molar-refractivity contribution is 6.01. The van der Waals surface area contributed by atoms with Crippen molar-refractivity contribution in [2.75, 3.05) is 7.11 Å². The van der Waals surface area contributed by atoms with Crippen LogP contribution in [0.25, 0.3) is 0 Å². The summed E-state index contributed by atoms with van der Waals surface area (Å²) in [5.41, 5.74) is 2.05. The molecule has 0 heterocycles. The lowest BCUT2D eigenvalue weighted by molar-refractivity contribution is 0.0952. The van der Waals surface area contributed by atoms with Crippen LogP contribution >= 0.6 is 0 Å². The van der Waals surface area contributed by atoms with E-state index in [0.717, 1.165) is 23.3 Å². The maximum Gasteiger partial charge on any atom is 0.166 e. The van der Waals surface area contributed by atoms with E-state index in [2.05, 4.69) is 13.8 Å². The Bertz CT molecular complexity index is 432. The van der Waals surface area contributed by atoms with E-state index in [1.807, 2.05) is 25.1 Å². The van der Waals surface area contributed by atoms with E-state index < -0.39 is 0 Å². The summed E-state index contributed by atoms with van der Waals surface area (Å²) in [6.45, 7) is 6.26. The van der Waals surface area contributed by atoms with E-state index >= 15 is 0 Å². The van der Waals surface area contributed by atoms with E-state index in [4.69, 9.17) is 4.74 Å². The predicted octanol–water partition coefficient (Wildman–Crippen LogP) is 3.23. The van der Waals surface area contributed by atoms with Gasteiger partial charge in [0.25, 0.3) is 0 Å². The SMILES string of the molecule is COc1ccc(C(=O)C2CC2(C)C)c(C)c1. The summed E-state index contributed by atoms with van der Waals surface area (Å²) in [4.78, 5) is 12.2. The van der Waals surface area contributed by atoms with Gasteiger partial charge in [-0.05, 0) is 42.5 Å². The summed E-state index contributed by atoms with van der Waals surface area (Å²) in [7, 11) is 1.64. The van der Waals surface area contributed by atoms with Crippen molar-refractivity contribution < 1.29 is 9.53 Å². The Labute approximate surface area is 96.6 Å². The lowest BCUT2D eigenvalue weighted by Gasteiger charge is -2.08. The van der Waals surface area contributed by atoms with E-state index in [1.54, 1.807) is 7.11 Å². The van der Waals surface area contributed by atoms with Crippen molar-refractivity contribution in [3.05, 3.63) is 29.3 Å². The summed E-state index contributed by atoms with van der Waals surface area (Å²) >= 11 is 0. The van der Waals surface area contributed by atoms with E-state index in [-0.39, 0.29) is 17.1 Å². The molecule has 1 atom stereocenters. The predicted molar refractivity (Wildman–Crippen MR) is 63.9 cm³/mol. The van der Waals surface area contributed by atoms with Crippen LogP contribution in [-0.2, 0) is 0 Å². The molecule has 0 saturated heterocycles. The van der Waals surface area contributed by atoms with Crippen molar-refractivity contribution >= 4 is 5.78 Å². The summed E-state index contributed by atoms with van der Waals surface area (Å²) in [5, 5.41) is 0. The Morgan fingerprint density at radius 2 is 2.06 bits per heavy atom. The number of ether oxygens (including phenoxy) is 1. The second-order valence-electron chi connectivity index (χ2n) is 5.29. The fraction of sp³-hybridized carbons (Fsp3) is 0.500. The first-order valence-corrected chi connectivity index (χ1v) is 5.64. The second kappa shape index (κ2) is 3.62. The summed E-state index contributed by atoms with van der Waals surface area (Å²) in [6.07, 6.45) is 1.01. The van der Waals surface area contributed by atoms with Crippen LogP contribution in [0.15, 0.2) is 18.2 Å². The van der Waals surface area contributed by atoms with Crippen LogP contribution in [0.3, 0.4) is 0 Å². The van der Waals surface area contributed by atoms with Gasteiger partial charge in [0.15, 0.2) is 5.78 Å². The zero-order chi connectivity index (χ0) is 11.9. The fourth-order valence-electron chi connectivity index (χ4n) is 2.14. The number of benzene rings is 1. The van der Waals surface area contributed by atoms with Crippen LogP contribution in [0.5, 0.6) is 5.75 Å². The molecule has 0 spiro atoms. The third-order valence-electron chi connectivity index (χ3n) is 3.53. The van der Waals surface area contributed by atoms with Gasteiger partial charge in [0.05, 0.1) is 7.11 Å². The Morgan fingerprint density at radius 3 is 2.50 bits per heavy atom. The molecular formula is C14H18O2. The van der Waals surface area contributed by atoms with Gasteiger partial charge >= 0.3 is 0 Å². The molecule has 86 valence electrons. The largest absolute Gasteiger partial charge is 0.497 e. The van der Waals surface area contributed by atoms with E-state index in [9.17, 15) is 4.79 Å². The van der Waals surface area contributed by atoms with Crippen molar-refractivity contribution in [1.82, 2.24) is 0 Å². The van der Waals surface area contributed by atoms with Crippen LogP contribution in [0.2, 0.25) is 0 Å². The molecule has 1 fully saturated rings. The highest BCUT2D eigenvalue weighted by Gasteiger charge is 2.50. The molecule has 0 amide bonds.